The number of alkyl halides is 1. The van der Waals surface area contributed by atoms with E-state index in [4.69, 9.17) is 5.73 Å². The lowest BCUT2D eigenvalue weighted by molar-refractivity contribution is -0.667. The fourth-order valence-corrected chi connectivity index (χ4v) is 6.19. The van der Waals surface area contributed by atoms with Gasteiger partial charge in [-0.15, -0.1) is 16.3 Å². The number of thioether (sulfide) groups is 2. The maximum atomic E-state index is 12.9. The predicted octanol–water partition coefficient (Wildman–Crippen LogP) is 1.25. The van der Waals surface area contributed by atoms with Gasteiger partial charge in [-0.2, -0.15) is 9.36 Å². The number of carboxylic acid groups (broad SMARTS) is 1. The molecule has 5 heterocycles. The van der Waals surface area contributed by atoms with Crippen molar-refractivity contribution in [2.24, 2.45) is 10.1 Å². The first-order valence-electron chi connectivity index (χ1n) is 11.4. The third-order valence-corrected chi connectivity index (χ3v) is 8.13. The summed E-state index contributed by atoms with van der Waals surface area (Å²) >= 11 is 3.29. The molecule has 1 atom stereocenters. The molecule has 206 valence electrons. The molecule has 14 nitrogen and oxygen atoms in total. The van der Waals surface area contributed by atoms with Crippen molar-refractivity contribution in [1.29, 1.82) is 0 Å². The van der Waals surface area contributed by atoms with E-state index in [1.807, 2.05) is 36.0 Å². The number of imidazole rings is 1. The van der Waals surface area contributed by atoms with E-state index in [9.17, 15) is 23.9 Å². The number of rotatable bonds is 9. The summed E-state index contributed by atoms with van der Waals surface area (Å²) in [7, 11) is 0. The van der Waals surface area contributed by atoms with E-state index < -0.39 is 35.7 Å². The number of carboxylic acids is 1. The first kappa shape index (κ1) is 27.4. The van der Waals surface area contributed by atoms with Crippen LogP contribution in [0.3, 0.4) is 0 Å². The Kier molecular flexibility index (Phi) is 7.90. The first-order chi connectivity index (χ1) is 19.3. The number of amides is 2. The summed E-state index contributed by atoms with van der Waals surface area (Å²) in [6, 6.07) is 3.80. The summed E-state index contributed by atoms with van der Waals surface area (Å²) in [5, 5.41) is 19.4. The molecule has 0 aliphatic carbocycles. The summed E-state index contributed by atoms with van der Waals surface area (Å²) < 4.78 is 20.1. The van der Waals surface area contributed by atoms with E-state index in [0.29, 0.717) is 10.6 Å². The highest BCUT2D eigenvalue weighted by Crippen LogP contribution is 2.39. The van der Waals surface area contributed by atoms with Crippen LogP contribution in [0.5, 0.6) is 0 Å². The number of hydrogen-bond donors (Lipinski definition) is 2. The number of nitrogens with zero attached hydrogens (tertiary/aromatic N) is 8. The fourth-order valence-electron chi connectivity index (χ4n) is 3.87. The zero-order chi connectivity index (χ0) is 28.4. The number of aromatic nitrogens is 5. The second-order valence-electron chi connectivity index (χ2n) is 7.93. The average molecular weight is 605 g/mol. The minimum absolute atomic E-state index is 0.0257. The molecule has 0 saturated carbocycles. The topological polar surface area (TPSA) is 182 Å². The summed E-state index contributed by atoms with van der Waals surface area (Å²) in [6.45, 7) is 1.52. The molecule has 3 N–H and O–H groups in total. The summed E-state index contributed by atoms with van der Waals surface area (Å²) in [4.78, 5) is 50.8. The Morgan fingerprint density at radius 2 is 2.25 bits per heavy atom. The number of oxime groups is 1. The number of fused-ring (bicyclic) bond motifs is 2. The van der Waals surface area contributed by atoms with Gasteiger partial charge in [-0.05, 0) is 30.0 Å². The quantitative estimate of drug-likeness (QED) is 0.118. The number of hydrogen-bond acceptors (Lipinski definition) is 12. The van der Waals surface area contributed by atoms with Crippen LogP contribution in [0.25, 0.3) is 5.65 Å². The molecule has 3 aromatic rings. The van der Waals surface area contributed by atoms with Gasteiger partial charge in [-0.1, -0.05) is 22.0 Å². The van der Waals surface area contributed by atoms with Gasteiger partial charge >= 0.3 is 17.5 Å². The fraction of sp³-hybridized carbons (Fsp3) is 0.227. The molecule has 0 radical (unpaired) electrons. The Hall–Kier alpha value is -4.16. The van der Waals surface area contributed by atoms with E-state index in [0.717, 1.165) is 28.6 Å². The molecule has 0 bridgehead atoms. The van der Waals surface area contributed by atoms with Crippen LogP contribution in [0.1, 0.15) is 12.7 Å². The summed E-state index contributed by atoms with van der Waals surface area (Å²) in [5.74, 6) is -3.13. The Labute approximate surface area is 237 Å². The Balaban J connectivity index is 1.34. The number of halogens is 1. The van der Waals surface area contributed by atoms with E-state index in [2.05, 4.69) is 29.4 Å². The molecule has 1 saturated heterocycles. The molecule has 40 heavy (non-hydrogen) atoms. The minimum Gasteiger partial charge on any atom is -0.477 e. The van der Waals surface area contributed by atoms with Crippen LogP contribution >= 0.6 is 35.1 Å². The van der Waals surface area contributed by atoms with E-state index in [1.54, 1.807) is 16.0 Å². The zero-order valence-electron chi connectivity index (χ0n) is 20.5. The zero-order valence-corrected chi connectivity index (χ0v) is 23.0. The molecule has 2 aliphatic rings. The van der Waals surface area contributed by atoms with E-state index >= 15 is 0 Å². The van der Waals surface area contributed by atoms with Crippen molar-refractivity contribution in [3.8, 4) is 0 Å². The van der Waals surface area contributed by atoms with Gasteiger partial charge in [-0.3, -0.25) is 14.5 Å². The third kappa shape index (κ3) is 5.19. The van der Waals surface area contributed by atoms with Gasteiger partial charge in [0.05, 0.1) is 6.54 Å². The standard InChI is InChI=1S/C22H18FN9O5S3/c1-2-30-6-7-31-13(30)4-3-12(27-31)38-8-5-11-9-39-20-15(19(34)32(20)16(11)21(35)36)25-18(33)14(28-37-10-23)17-26-22(24)40-29-17/h3-8,20H,2,9-10H2,1H3,(H2-,24,26,29,35,36)/p+1/b8-5+,25-15?,28-14+/t20-/m1/s1. The molecule has 2 aliphatic heterocycles. The van der Waals surface area contributed by atoms with Gasteiger partial charge in [0.2, 0.25) is 11.5 Å². The highest BCUT2D eigenvalue weighted by Gasteiger charge is 2.51. The Morgan fingerprint density at radius 1 is 1.43 bits per heavy atom. The summed E-state index contributed by atoms with van der Waals surface area (Å²) in [5.41, 5.74) is 5.94. The van der Waals surface area contributed by atoms with E-state index in [-0.39, 0.29) is 28.1 Å². The molecule has 2 amide bonds. The lowest BCUT2D eigenvalue weighted by Gasteiger charge is -2.44. The van der Waals surface area contributed by atoms with Crippen molar-refractivity contribution < 1.29 is 33.3 Å². The van der Waals surface area contributed by atoms with Crippen LogP contribution in [0.2, 0.25) is 0 Å². The monoisotopic (exact) mass is 604 g/mol. The summed E-state index contributed by atoms with van der Waals surface area (Å²) in [6.07, 6.45) is 5.40. The average Bonchev–Trinajstić information content (AvgIpc) is 3.56. The predicted molar refractivity (Wildman–Crippen MR) is 144 cm³/mol. The van der Waals surface area contributed by atoms with Crippen molar-refractivity contribution >= 4 is 75.0 Å². The van der Waals surface area contributed by atoms with Crippen molar-refractivity contribution in [2.75, 3.05) is 18.3 Å². The number of allylic oxidation sites excluding steroid dienone is 1. The molecule has 0 aromatic carbocycles. The molecule has 0 unspecified atom stereocenters. The van der Waals surface area contributed by atoms with E-state index in [1.165, 1.54) is 23.5 Å². The smallest absolute Gasteiger partial charge is 0.352 e. The first-order valence-corrected chi connectivity index (χ1v) is 14.1. The second-order valence-corrected chi connectivity index (χ2v) is 10.7. The van der Waals surface area contributed by atoms with Crippen LogP contribution in [-0.4, -0.2) is 76.2 Å². The van der Waals surface area contributed by atoms with Crippen molar-refractivity contribution in [3.63, 3.8) is 0 Å². The van der Waals surface area contributed by atoms with Crippen molar-refractivity contribution in [1.82, 2.24) is 23.9 Å². The lowest BCUT2D eigenvalue weighted by atomic mass is 10.1. The molecule has 18 heteroatoms. The van der Waals surface area contributed by atoms with Crippen LogP contribution in [0, 0.1) is 0 Å². The number of aryl methyl sites for hydroxylation is 1. The lowest BCUT2D eigenvalue weighted by Crippen LogP contribution is -2.62. The van der Waals surface area contributed by atoms with Gasteiger partial charge in [0.1, 0.15) is 28.0 Å². The number of nitrogens with two attached hydrogens (primary N) is 1. The van der Waals surface area contributed by atoms with Gasteiger partial charge in [0, 0.05) is 23.4 Å². The molecule has 5 rings (SSSR count). The molecule has 0 spiro atoms. The van der Waals surface area contributed by atoms with Crippen LogP contribution < -0.4 is 10.3 Å². The maximum absolute atomic E-state index is 12.9. The molecular formula is C22H19FN9O5S3+. The number of β-lactam (4-membered cyclic amide) rings is 1. The van der Waals surface area contributed by atoms with Gasteiger partial charge in [0.25, 0.3) is 12.8 Å². The maximum Gasteiger partial charge on any atom is 0.352 e. The number of aliphatic carboxylic acids is 1. The number of carbonyl (C=O) groups excluding carboxylic acids is 2. The number of carbonyl (C=O) groups is 3. The Bertz CT molecular complexity index is 1650. The van der Waals surface area contributed by atoms with Crippen molar-refractivity contribution in [2.45, 2.75) is 23.9 Å². The molecule has 3 aromatic heterocycles. The highest BCUT2D eigenvalue weighted by molar-refractivity contribution is 8.02. The van der Waals surface area contributed by atoms with Gasteiger partial charge in [0.15, 0.2) is 11.3 Å². The second kappa shape index (κ2) is 11.5. The van der Waals surface area contributed by atoms with Crippen molar-refractivity contribution in [3.05, 3.63) is 53.1 Å². The number of aliphatic imine (C=N–C) groups is 1. The highest BCUT2D eigenvalue weighted by atomic mass is 32.2. The molecule has 1 fully saturated rings. The SMILES string of the molecule is CC[n+]1ccn2nc(S/C=C/C3=C(C(=O)O)N4C(=O)C(=NC(=O)/C(=N/OCF)c5nsc(N)n5)[C@H]4SC3)ccc21. The Morgan fingerprint density at radius 3 is 2.95 bits per heavy atom. The van der Waals surface area contributed by atoms with Crippen LogP contribution in [-0.2, 0) is 25.8 Å². The van der Waals surface area contributed by atoms with Crippen LogP contribution in [0.15, 0.2) is 62.5 Å². The number of nitrogen functional groups attached to an aromatic ring is 1. The third-order valence-electron chi connectivity index (χ3n) is 5.63. The van der Waals surface area contributed by atoms with Gasteiger partial charge in [-0.25, -0.2) is 18.7 Å². The molecular weight excluding hydrogens is 585 g/mol. The minimum atomic E-state index is -1.32. The normalized spacial score (nSPS) is 18.5. The van der Waals surface area contributed by atoms with Crippen LogP contribution in [0.4, 0.5) is 9.52 Å². The largest absolute Gasteiger partial charge is 0.477 e. The van der Waals surface area contributed by atoms with Gasteiger partial charge < -0.3 is 15.7 Å². The number of anilines is 1.